The van der Waals surface area contributed by atoms with Crippen LogP contribution in [0.3, 0.4) is 0 Å². The molecule has 42 valence electrons. The molecule has 4 N–H and O–H groups in total. The van der Waals surface area contributed by atoms with E-state index in [0.717, 1.165) is 0 Å². The van der Waals surface area contributed by atoms with E-state index in [1.165, 1.54) is 5.32 Å². The molecular formula is C3H8N2O2. The van der Waals surface area contributed by atoms with Crippen molar-refractivity contribution in [3.05, 3.63) is 0 Å². The number of nitrogens with one attached hydrogen (secondary N) is 1. The minimum atomic E-state index is -3.15. The highest BCUT2D eigenvalue weighted by molar-refractivity contribution is 5.71. The molecule has 7 heavy (non-hydrogen) atoms. The highest BCUT2D eigenvalue weighted by atomic mass is 16.3. The van der Waals surface area contributed by atoms with Gasteiger partial charge in [-0.2, -0.15) is 0 Å². The van der Waals surface area contributed by atoms with Gasteiger partial charge in [-0.15, -0.1) is 0 Å². The van der Waals surface area contributed by atoms with Gasteiger partial charge < -0.3 is 16.2 Å². The Labute approximate surface area is 46.9 Å². The maximum absolute atomic E-state index is 10.1. The van der Waals surface area contributed by atoms with Gasteiger partial charge in [-0.05, 0) is 0 Å². The number of amides is 2. The molecule has 0 heterocycles. The first-order valence-corrected chi connectivity index (χ1v) is 1.47. The summed E-state index contributed by atoms with van der Waals surface area (Å²) in [6.07, 6.45) is 0. The standard InChI is InChI=1S/C3H8N2O2/c4-3(7)5-1-2-6/h6H,1-2H2,(H3,4,5,7)/i1D2,2D2. The third-order valence-electron chi connectivity index (χ3n) is 0.242. The molecule has 0 radical (unpaired) electrons. The molecule has 0 unspecified atom stereocenters. The highest BCUT2D eigenvalue weighted by Gasteiger charge is 1.84. The zero-order chi connectivity index (χ0) is 9.28. The van der Waals surface area contributed by atoms with Gasteiger partial charge in [0.1, 0.15) is 0 Å². The van der Waals surface area contributed by atoms with Crippen LogP contribution in [0.1, 0.15) is 5.48 Å². The number of urea groups is 1. The van der Waals surface area contributed by atoms with Gasteiger partial charge in [-0.3, -0.25) is 0 Å². The van der Waals surface area contributed by atoms with Gasteiger partial charge in [0.15, 0.2) is 0 Å². The van der Waals surface area contributed by atoms with E-state index < -0.39 is 19.1 Å². The van der Waals surface area contributed by atoms with Crippen LogP contribution in [0.5, 0.6) is 0 Å². The molecule has 0 aromatic rings. The third-order valence-corrected chi connectivity index (χ3v) is 0.242. The number of hydrogen-bond donors (Lipinski definition) is 3. The number of primary amides is 1. The van der Waals surface area contributed by atoms with Gasteiger partial charge >= 0.3 is 6.03 Å². The Balaban J connectivity index is 4.34. The van der Waals surface area contributed by atoms with Crippen molar-refractivity contribution < 1.29 is 15.4 Å². The average Bonchev–Trinajstić information content (AvgIpc) is 1.56. The number of carbonyl (C=O) groups is 1. The largest absolute Gasteiger partial charge is 0.395 e. The Morgan fingerprint density at radius 3 is 2.86 bits per heavy atom. The molecule has 4 nitrogen and oxygen atoms in total. The van der Waals surface area contributed by atoms with Gasteiger partial charge in [0.2, 0.25) is 0 Å². The molecule has 0 aliphatic heterocycles. The van der Waals surface area contributed by atoms with Crippen molar-refractivity contribution in [2.45, 2.75) is 0 Å². The number of nitrogens with two attached hydrogens (primary N) is 1. The molecule has 0 bridgehead atoms. The lowest BCUT2D eigenvalue weighted by molar-refractivity contribution is 0.242. The van der Waals surface area contributed by atoms with Crippen LogP contribution in [-0.2, 0) is 0 Å². The molecule has 0 spiro atoms. The molecule has 0 aliphatic carbocycles. The normalized spacial score (nSPS) is 20.7. The third kappa shape index (κ3) is 5.23. The van der Waals surface area contributed by atoms with E-state index in [1.54, 1.807) is 0 Å². The minimum Gasteiger partial charge on any atom is -0.395 e. The average molecular weight is 108 g/mol. The molecule has 0 rings (SSSR count). The first-order valence-electron chi connectivity index (χ1n) is 3.47. The Bertz CT molecular complexity index is 165. The molecule has 2 amide bonds. The molecule has 0 aromatic heterocycles. The molecule has 0 saturated heterocycles. The van der Waals surface area contributed by atoms with Crippen molar-refractivity contribution in [1.29, 1.82) is 0 Å². The van der Waals surface area contributed by atoms with Gasteiger partial charge in [-0.25, -0.2) is 4.79 Å². The summed E-state index contributed by atoms with van der Waals surface area (Å²) < 4.78 is 26.5. The lowest BCUT2D eigenvalue weighted by Gasteiger charge is -1.92. The quantitative estimate of drug-likeness (QED) is 0.409. The van der Waals surface area contributed by atoms with Crippen molar-refractivity contribution in [3.63, 3.8) is 0 Å². The molecule has 4 heteroatoms. The van der Waals surface area contributed by atoms with E-state index in [1.807, 2.05) is 0 Å². The maximum atomic E-state index is 10.1. The molecular weight excluding hydrogens is 96.0 g/mol. The molecule has 0 atom stereocenters. The van der Waals surface area contributed by atoms with E-state index in [2.05, 4.69) is 5.73 Å². The Kier molecular flexibility index (Phi) is 0.978. The van der Waals surface area contributed by atoms with Crippen molar-refractivity contribution in [1.82, 2.24) is 5.32 Å². The number of carbonyl (C=O) groups excluding carboxylic acids is 1. The number of hydrogen-bond acceptors (Lipinski definition) is 2. The van der Waals surface area contributed by atoms with Crippen molar-refractivity contribution in [3.8, 4) is 0 Å². The van der Waals surface area contributed by atoms with E-state index >= 15 is 0 Å². The molecule has 0 aliphatic rings. The molecule has 0 fully saturated rings. The Hall–Kier alpha value is -0.770. The Morgan fingerprint density at radius 2 is 2.71 bits per heavy atom. The van der Waals surface area contributed by atoms with Gasteiger partial charge in [0.05, 0.1) is 12.0 Å². The zero-order valence-corrected chi connectivity index (χ0v) is 3.43. The monoisotopic (exact) mass is 108 g/mol. The predicted molar refractivity (Wildman–Crippen MR) is 24.7 cm³/mol. The van der Waals surface area contributed by atoms with Gasteiger partial charge in [-0.1, -0.05) is 0 Å². The molecule has 0 saturated carbocycles. The lowest BCUT2D eigenvalue weighted by Crippen LogP contribution is -2.31. The summed E-state index contributed by atoms with van der Waals surface area (Å²) in [5.74, 6) is 0. The van der Waals surface area contributed by atoms with Crippen LogP contribution < -0.4 is 11.1 Å². The topological polar surface area (TPSA) is 75.3 Å². The van der Waals surface area contributed by atoms with Crippen LogP contribution in [0.2, 0.25) is 0 Å². The van der Waals surface area contributed by atoms with Crippen molar-refractivity contribution in [2.24, 2.45) is 5.73 Å². The smallest absolute Gasteiger partial charge is 0.312 e. The van der Waals surface area contributed by atoms with Gasteiger partial charge in [0, 0.05) is 6.50 Å². The van der Waals surface area contributed by atoms with E-state index in [4.69, 9.17) is 10.6 Å². The summed E-state index contributed by atoms with van der Waals surface area (Å²) in [5.41, 5.74) is 4.51. The van der Waals surface area contributed by atoms with Crippen LogP contribution >= 0.6 is 0 Å². The van der Waals surface area contributed by atoms with Gasteiger partial charge in [0.25, 0.3) is 0 Å². The summed E-state index contributed by atoms with van der Waals surface area (Å²) in [7, 11) is 0. The van der Waals surface area contributed by atoms with Crippen LogP contribution in [-0.4, -0.2) is 24.2 Å². The van der Waals surface area contributed by atoms with E-state index in [-0.39, 0.29) is 0 Å². The first kappa shape index (κ1) is 2.00. The fourth-order valence-electron chi connectivity index (χ4n) is 0.0896. The van der Waals surface area contributed by atoms with Crippen molar-refractivity contribution in [2.75, 3.05) is 13.1 Å². The van der Waals surface area contributed by atoms with E-state index in [0.29, 0.717) is 0 Å². The Morgan fingerprint density at radius 1 is 2.14 bits per heavy atom. The molecule has 0 aromatic carbocycles. The van der Waals surface area contributed by atoms with Crippen LogP contribution in [0.15, 0.2) is 0 Å². The summed E-state index contributed by atoms with van der Waals surface area (Å²) in [5, 5.41) is 9.89. The lowest BCUT2D eigenvalue weighted by atomic mass is 10.7. The summed E-state index contributed by atoms with van der Waals surface area (Å²) in [6, 6.07) is -1.24. The van der Waals surface area contributed by atoms with Crippen LogP contribution in [0.4, 0.5) is 4.79 Å². The maximum Gasteiger partial charge on any atom is 0.312 e. The fourth-order valence-corrected chi connectivity index (χ4v) is 0.0896. The van der Waals surface area contributed by atoms with E-state index in [9.17, 15) is 4.79 Å². The first-order chi connectivity index (χ1) is 4.67. The van der Waals surface area contributed by atoms with Crippen LogP contribution in [0.25, 0.3) is 0 Å². The fraction of sp³-hybridized carbons (Fsp3) is 0.667. The highest BCUT2D eigenvalue weighted by Crippen LogP contribution is 1.52. The SMILES string of the molecule is [2H]C([2H])(O)C([2H])([2H])NC(N)=O. The summed E-state index contributed by atoms with van der Waals surface area (Å²) >= 11 is 0. The summed E-state index contributed by atoms with van der Waals surface area (Å²) in [6.45, 7) is -6.03. The predicted octanol–water partition coefficient (Wildman–Crippen LogP) is -1.35. The number of aliphatic hydroxyl groups is 1. The second-order valence-corrected chi connectivity index (χ2v) is 0.726. The minimum absolute atomic E-state index is 1.24. The van der Waals surface area contributed by atoms with Crippen LogP contribution in [0, 0.1) is 0 Å². The summed E-state index contributed by atoms with van der Waals surface area (Å²) in [4.78, 5) is 10.1. The number of rotatable bonds is 2. The second kappa shape index (κ2) is 3.42. The van der Waals surface area contributed by atoms with Crippen molar-refractivity contribution >= 4 is 6.03 Å². The second-order valence-electron chi connectivity index (χ2n) is 0.726. The zero-order valence-electron chi connectivity index (χ0n) is 7.43.